The van der Waals surface area contributed by atoms with Gasteiger partial charge in [-0.05, 0) is 43.9 Å². The second-order valence-corrected chi connectivity index (χ2v) is 7.07. The fourth-order valence-electron chi connectivity index (χ4n) is 3.08. The Bertz CT molecular complexity index is 249. The van der Waals surface area contributed by atoms with Gasteiger partial charge in [0.05, 0.1) is 5.60 Å². The van der Waals surface area contributed by atoms with Crippen LogP contribution < -0.4 is 5.32 Å². The Hall–Kier alpha value is -0.0800. The van der Waals surface area contributed by atoms with E-state index in [0.717, 1.165) is 31.0 Å². The van der Waals surface area contributed by atoms with Crippen LogP contribution in [0.3, 0.4) is 0 Å². The van der Waals surface area contributed by atoms with E-state index in [1.807, 2.05) is 0 Å². The van der Waals surface area contributed by atoms with Gasteiger partial charge in [-0.1, -0.05) is 33.6 Å². The van der Waals surface area contributed by atoms with Gasteiger partial charge in [0.2, 0.25) is 0 Å². The highest BCUT2D eigenvalue weighted by Gasteiger charge is 2.37. The second kappa shape index (κ2) is 6.38. The van der Waals surface area contributed by atoms with E-state index in [9.17, 15) is 0 Å². The van der Waals surface area contributed by atoms with Crippen molar-refractivity contribution < 1.29 is 4.74 Å². The van der Waals surface area contributed by atoms with Gasteiger partial charge in [-0.25, -0.2) is 0 Å². The van der Waals surface area contributed by atoms with Gasteiger partial charge in [0.1, 0.15) is 0 Å². The van der Waals surface area contributed by atoms with Crippen LogP contribution in [-0.4, -0.2) is 24.8 Å². The van der Waals surface area contributed by atoms with Gasteiger partial charge in [0.15, 0.2) is 0 Å². The minimum atomic E-state index is 0.148. The molecule has 2 rings (SSSR count). The highest BCUT2D eigenvalue weighted by molar-refractivity contribution is 4.92. The molecule has 2 atom stereocenters. The number of hydrogen-bond acceptors (Lipinski definition) is 2. The molecule has 2 heteroatoms. The fourth-order valence-corrected chi connectivity index (χ4v) is 3.08. The molecular formula is C16H31NO. The summed E-state index contributed by atoms with van der Waals surface area (Å²) in [6, 6.07) is 0.799. The van der Waals surface area contributed by atoms with E-state index >= 15 is 0 Å². The van der Waals surface area contributed by atoms with Crippen molar-refractivity contribution in [3.05, 3.63) is 0 Å². The van der Waals surface area contributed by atoms with Gasteiger partial charge >= 0.3 is 0 Å². The van der Waals surface area contributed by atoms with Gasteiger partial charge in [-0.15, -0.1) is 0 Å². The molecule has 0 aromatic rings. The Morgan fingerprint density at radius 3 is 2.67 bits per heavy atom. The lowest BCUT2D eigenvalue weighted by Crippen LogP contribution is -2.47. The van der Waals surface area contributed by atoms with Crippen LogP contribution in [0, 0.1) is 11.8 Å². The topological polar surface area (TPSA) is 21.3 Å². The van der Waals surface area contributed by atoms with E-state index in [1.54, 1.807) is 0 Å². The fraction of sp³-hybridized carbons (Fsp3) is 1.00. The maximum atomic E-state index is 6.37. The van der Waals surface area contributed by atoms with Gasteiger partial charge in [-0.3, -0.25) is 0 Å². The molecule has 0 amide bonds. The lowest BCUT2D eigenvalue weighted by molar-refractivity contribution is -0.0824. The molecular weight excluding hydrogens is 222 g/mol. The molecule has 2 fully saturated rings. The van der Waals surface area contributed by atoms with Crippen molar-refractivity contribution in [1.82, 2.24) is 5.32 Å². The van der Waals surface area contributed by atoms with Crippen molar-refractivity contribution in [2.45, 2.75) is 77.4 Å². The highest BCUT2D eigenvalue weighted by Crippen LogP contribution is 2.35. The Kier molecular flexibility index (Phi) is 5.08. The Labute approximate surface area is 113 Å². The quantitative estimate of drug-likeness (QED) is 0.746. The van der Waals surface area contributed by atoms with Crippen molar-refractivity contribution in [3.8, 4) is 0 Å². The molecule has 2 saturated carbocycles. The first-order valence-electron chi connectivity index (χ1n) is 7.97. The van der Waals surface area contributed by atoms with E-state index in [-0.39, 0.29) is 5.60 Å². The number of ether oxygens (including phenoxy) is 1. The number of nitrogens with one attached hydrogen (secondary N) is 1. The maximum Gasteiger partial charge on any atom is 0.0808 e. The summed E-state index contributed by atoms with van der Waals surface area (Å²) in [5, 5.41) is 3.70. The van der Waals surface area contributed by atoms with Gasteiger partial charge in [-0.2, -0.15) is 0 Å². The molecule has 2 nitrogen and oxygen atoms in total. The van der Waals surface area contributed by atoms with E-state index in [4.69, 9.17) is 4.74 Å². The molecule has 2 unspecified atom stereocenters. The average Bonchev–Trinajstić information content (AvgIpc) is 3.10. The van der Waals surface area contributed by atoms with Crippen LogP contribution in [-0.2, 0) is 4.74 Å². The zero-order valence-corrected chi connectivity index (χ0v) is 12.5. The van der Waals surface area contributed by atoms with Crippen LogP contribution in [0.2, 0.25) is 0 Å². The monoisotopic (exact) mass is 253 g/mol. The molecule has 0 saturated heterocycles. The van der Waals surface area contributed by atoms with Crippen LogP contribution in [0.25, 0.3) is 0 Å². The Morgan fingerprint density at radius 2 is 2.06 bits per heavy atom. The third kappa shape index (κ3) is 4.55. The molecule has 0 spiro atoms. The largest absolute Gasteiger partial charge is 0.374 e. The Balaban J connectivity index is 1.83. The van der Waals surface area contributed by atoms with E-state index in [1.165, 1.54) is 44.9 Å². The van der Waals surface area contributed by atoms with Crippen molar-refractivity contribution >= 4 is 0 Å². The molecule has 2 aliphatic carbocycles. The van der Waals surface area contributed by atoms with E-state index < -0.39 is 0 Å². The SMILES string of the molecule is CC(C)CCOC1(CNC2CC2)CCCC(C)C1. The molecule has 18 heavy (non-hydrogen) atoms. The van der Waals surface area contributed by atoms with Gasteiger partial charge in [0.25, 0.3) is 0 Å². The summed E-state index contributed by atoms with van der Waals surface area (Å²) in [5.74, 6) is 1.58. The van der Waals surface area contributed by atoms with E-state index in [0.29, 0.717) is 0 Å². The molecule has 0 aliphatic heterocycles. The van der Waals surface area contributed by atoms with Crippen molar-refractivity contribution in [1.29, 1.82) is 0 Å². The third-order valence-corrected chi connectivity index (χ3v) is 4.44. The van der Waals surface area contributed by atoms with Crippen molar-refractivity contribution in [3.63, 3.8) is 0 Å². The molecule has 0 radical (unpaired) electrons. The van der Waals surface area contributed by atoms with Crippen molar-refractivity contribution in [2.75, 3.05) is 13.2 Å². The summed E-state index contributed by atoms with van der Waals surface area (Å²) in [5.41, 5.74) is 0.148. The molecule has 106 valence electrons. The molecule has 0 bridgehead atoms. The summed E-state index contributed by atoms with van der Waals surface area (Å²) in [6.07, 6.45) is 9.18. The van der Waals surface area contributed by atoms with Crippen LogP contribution in [0.4, 0.5) is 0 Å². The smallest absolute Gasteiger partial charge is 0.0808 e. The van der Waals surface area contributed by atoms with Crippen molar-refractivity contribution in [2.24, 2.45) is 11.8 Å². The number of rotatable bonds is 7. The standard InChI is InChI=1S/C16H31NO/c1-13(2)8-10-18-16(12-17-15-6-7-15)9-4-5-14(3)11-16/h13-15,17H,4-12H2,1-3H3. The zero-order valence-electron chi connectivity index (χ0n) is 12.5. The van der Waals surface area contributed by atoms with Crippen LogP contribution in [0.1, 0.15) is 65.7 Å². The van der Waals surface area contributed by atoms with Crippen LogP contribution in [0.5, 0.6) is 0 Å². The summed E-state index contributed by atoms with van der Waals surface area (Å²) < 4.78 is 6.37. The predicted molar refractivity (Wildman–Crippen MR) is 76.8 cm³/mol. The number of hydrogen-bond donors (Lipinski definition) is 1. The summed E-state index contributed by atoms with van der Waals surface area (Å²) in [4.78, 5) is 0. The zero-order chi connectivity index (χ0) is 13.0. The average molecular weight is 253 g/mol. The van der Waals surface area contributed by atoms with Gasteiger partial charge < -0.3 is 10.1 Å². The first-order valence-corrected chi connectivity index (χ1v) is 7.97. The second-order valence-electron chi connectivity index (χ2n) is 7.07. The maximum absolute atomic E-state index is 6.37. The minimum Gasteiger partial charge on any atom is -0.374 e. The minimum absolute atomic E-state index is 0.148. The molecule has 0 aromatic heterocycles. The van der Waals surface area contributed by atoms with Crippen LogP contribution in [0.15, 0.2) is 0 Å². The van der Waals surface area contributed by atoms with Crippen LogP contribution >= 0.6 is 0 Å². The summed E-state index contributed by atoms with van der Waals surface area (Å²) in [6.45, 7) is 8.97. The third-order valence-electron chi connectivity index (χ3n) is 4.44. The van der Waals surface area contributed by atoms with Gasteiger partial charge in [0, 0.05) is 19.2 Å². The molecule has 0 aromatic carbocycles. The molecule has 0 heterocycles. The van der Waals surface area contributed by atoms with E-state index in [2.05, 4.69) is 26.1 Å². The highest BCUT2D eigenvalue weighted by atomic mass is 16.5. The molecule has 1 N–H and O–H groups in total. The first kappa shape index (κ1) is 14.3. The molecule has 2 aliphatic rings. The normalized spacial score (nSPS) is 33.0. The summed E-state index contributed by atoms with van der Waals surface area (Å²) >= 11 is 0. The first-order chi connectivity index (χ1) is 8.60. The lowest BCUT2D eigenvalue weighted by atomic mass is 9.78. The Morgan fingerprint density at radius 1 is 1.28 bits per heavy atom. The lowest BCUT2D eigenvalue weighted by Gasteiger charge is -2.40. The summed E-state index contributed by atoms with van der Waals surface area (Å²) in [7, 11) is 0. The predicted octanol–water partition coefficient (Wildman–Crippen LogP) is 3.75.